The van der Waals surface area contributed by atoms with Crippen LogP contribution in [0.5, 0.6) is 0 Å². The van der Waals surface area contributed by atoms with Crippen LogP contribution in [0.2, 0.25) is 0 Å². The van der Waals surface area contributed by atoms with E-state index in [-0.39, 0.29) is 0 Å². The molecule has 16 rings (SSSR count). The highest BCUT2D eigenvalue weighted by Crippen LogP contribution is 2.48. The first-order chi connectivity index (χ1) is 48.0. The van der Waals surface area contributed by atoms with E-state index in [1.54, 1.807) is 49.6 Å². The molecule has 12 nitrogen and oxygen atoms in total. The van der Waals surface area contributed by atoms with Crippen molar-refractivity contribution in [3.8, 4) is 136 Å². The number of hydrogen-bond acceptors (Lipinski definition) is 12. The molecule has 0 saturated carbocycles. The summed E-state index contributed by atoms with van der Waals surface area (Å²) in [5.74, 6) is 0. The van der Waals surface area contributed by atoms with Crippen molar-refractivity contribution in [2.45, 2.75) is 5.41 Å². The van der Waals surface area contributed by atoms with E-state index in [0.717, 1.165) is 158 Å². The van der Waals surface area contributed by atoms with E-state index in [4.69, 9.17) is 59.8 Å². The largest absolute Gasteiger partial charge is 0.255 e. The number of pyridine rings is 12. The van der Waals surface area contributed by atoms with E-state index in [2.05, 4.69) is 146 Å². The maximum absolute atomic E-state index is 5.13. The van der Waals surface area contributed by atoms with Crippen LogP contribution in [0.1, 0.15) is 22.3 Å². The van der Waals surface area contributed by atoms with Crippen molar-refractivity contribution in [1.82, 2.24) is 59.8 Å². The van der Waals surface area contributed by atoms with Crippen molar-refractivity contribution in [2.24, 2.45) is 0 Å². The van der Waals surface area contributed by atoms with Crippen molar-refractivity contribution in [2.75, 3.05) is 0 Å². The summed E-state index contributed by atoms with van der Waals surface area (Å²) in [4.78, 5) is 58.4. The fourth-order valence-corrected chi connectivity index (χ4v) is 12.6. The third-order valence-electron chi connectivity index (χ3n) is 17.3. The zero-order valence-corrected chi connectivity index (χ0v) is 52.2. The molecular weight excluding hydrogens is 1190 g/mol. The molecule has 0 bridgehead atoms. The predicted molar refractivity (Wildman–Crippen MR) is 384 cm³/mol. The predicted octanol–water partition coefficient (Wildman–Crippen LogP) is 18.8. The smallest absolute Gasteiger partial charge is 0.0900 e. The van der Waals surface area contributed by atoms with Gasteiger partial charge in [-0.1, -0.05) is 146 Å². The van der Waals surface area contributed by atoms with Crippen LogP contribution >= 0.6 is 0 Å². The van der Waals surface area contributed by atoms with E-state index in [0.29, 0.717) is 0 Å². The Morgan fingerprint density at radius 3 is 0.433 bits per heavy atom. The number of hydrogen-bond donors (Lipinski definition) is 0. The Hall–Kier alpha value is -13.3. The van der Waals surface area contributed by atoms with E-state index in [1.165, 1.54) is 0 Å². The molecule has 0 N–H and O–H groups in total. The average molecular weight is 1250 g/mol. The van der Waals surface area contributed by atoms with Gasteiger partial charge < -0.3 is 0 Å². The SMILES string of the molecule is c1ccc(-c2cc(-c3ccc(C(c4ccc(-c5cc(-c6ccccn6)nc(-c6ccccn6)c5)cc4)(c4ccc(-c5cc(-c6ccccn6)nc(-c6ccccn6)c5)cc4)c4ccc(-c5cc(-c6ccccn6)nc(-c6ccccn6)c5)cc4)cc3)cc(-c3ccccn3)n2)nc1. The minimum absolute atomic E-state index is 0.743. The first-order valence-corrected chi connectivity index (χ1v) is 31.9. The van der Waals surface area contributed by atoms with Gasteiger partial charge in [0.05, 0.1) is 96.5 Å². The molecule has 4 aromatic carbocycles. The van der Waals surface area contributed by atoms with E-state index in [9.17, 15) is 0 Å². The van der Waals surface area contributed by atoms with Crippen LogP contribution in [0.4, 0.5) is 0 Å². The summed E-state index contributed by atoms with van der Waals surface area (Å²) in [6.45, 7) is 0. The van der Waals surface area contributed by atoms with Crippen molar-refractivity contribution >= 4 is 0 Å². The molecule has 16 aromatic rings. The minimum atomic E-state index is -0.964. The fraction of sp³-hybridized carbons (Fsp3) is 0.0118. The summed E-state index contributed by atoms with van der Waals surface area (Å²) in [5, 5.41) is 0. The van der Waals surface area contributed by atoms with Gasteiger partial charge >= 0.3 is 0 Å². The Balaban J connectivity index is 0.907. The van der Waals surface area contributed by atoms with E-state index < -0.39 is 5.41 Å². The molecule has 12 heteroatoms. The van der Waals surface area contributed by atoms with Crippen LogP contribution in [0.3, 0.4) is 0 Å². The van der Waals surface area contributed by atoms with Crippen molar-refractivity contribution in [3.63, 3.8) is 0 Å². The van der Waals surface area contributed by atoms with Crippen LogP contribution < -0.4 is 0 Å². The molecule has 0 amide bonds. The molecule has 0 saturated heterocycles. The molecule has 12 heterocycles. The van der Waals surface area contributed by atoms with Gasteiger partial charge in [0.2, 0.25) is 0 Å². The number of nitrogens with zero attached hydrogens (tertiary/aromatic N) is 12. The van der Waals surface area contributed by atoms with Crippen LogP contribution in [-0.4, -0.2) is 59.8 Å². The lowest BCUT2D eigenvalue weighted by molar-refractivity contribution is 0.745. The molecule has 0 radical (unpaired) electrons. The van der Waals surface area contributed by atoms with Gasteiger partial charge in [-0.3, -0.25) is 39.9 Å². The molecule has 12 aromatic heterocycles. The molecule has 0 fully saturated rings. The molecule has 0 spiro atoms. The molecule has 0 atom stereocenters. The second-order valence-corrected chi connectivity index (χ2v) is 23.3. The third kappa shape index (κ3) is 12.1. The van der Waals surface area contributed by atoms with E-state index >= 15 is 0 Å². The number of benzene rings is 4. The van der Waals surface area contributed by atoms with Gasteiger partial charge in [0.25, 0.3) is 0 Å². The lowest BCUT2D eigenvalue weighted by Crippen LogP contribution is -2.31. The number of rotatable bonds is 16. The van der Waals surface area contributed by atoms with Crippen LogP contribution in [-0.2, 0) is 5.41 Å². The molecular formula is C85H56N12. The third-order valence-corrected chi connectivity index (χ3v) is 17.3. The van der Waals surface area contributed by atoms with Gasteiger partial charge in [0, 0.05) is 49.6 Å². The Morgan fingerprint density at radius 2 is 0.299 bits per heavy atom. The Kier molecular flexibility index (Phi) is 16.0. The quantitative estimate of drug-likeness (QED) is 0.0846. The zero-order valence-electron chi connectivity index (χ0n) is 52.2. The second kappa shape index (κ2) is 26.4. The summed E-state index contributed by atoms with van der Waals surface area (Å²) in [5.41, 5.74) is 23.1. The molecule has 0 aliphatic carbocycles. The topological polar surface area (TPSA) is 155 Å². The molecule has 456 valence electrons. The van der Waals surface area contributed by atoms with Crippen LogP contribution in [0.25, 0.3) is 136 Å². The van der Waals surface area contributed by atoms with Crippen LogP contribution in [0, 0.1) is 0 Å². The molecule has 0 aliphatic rings. The van der Waals surface area contributed by atoms with E-state index in [1.807, 2.05) is 146 Å². The first-order valence-electron chi connectivity index (χ1n) is 31.9. The molecule has 97 heavy (non-hydrogen) atoms. The van der Waals surface area contributed by atoms with Gasteiger partial charge in [0.1, 0.15) is 0 Å². The normalized spacial score (nSPS) is 11.3. The lowest BCUT2D eigenvalue weighted by atomic mass is 9.64. The van der Waals surface area contributed by atoms with Crippen LogP contribution in [0.15, 0.2) is 341 Å². The summed E-state index contributed by atoms with van der Waals surface area (Å²) < 4.78 is 0. The van der Waals surface area contributed by atoms with Gasteiger partial charge in [-0.15, -0.1) is 0 Å². The Morgan fingerprint density at radius 1 is 0.144 bits per heavy atom. The van der Waals surface area contributed by atoms with Crippen molar-refractivity contribution in [3.05, 3.63) is 363 Å². The molecule has 0 unspecified atom stereocenters. The average Bonchev–Trinajstić information content (AvgIpc) is 0.730. The minimum Gasteiger partial charge on any atom is -0.255 e. The lowest BCUT2D eigenvalue weighted by Gasteiger charge is -2.37. The summed E-state index contributed by atoms with van der Waals surface area (Å²) in [6, 6.07) is 100.0. The maximum atomic E-state index is 5.13. The van der Waals surface area contributed by atoms with Gasteiger partial charge in [-0.2, -0.15) is 0 Å². The second-order valence-electron chi connectivity index (χ2n) is 23.3. The Bertz CT molecular complexity index is 4460. The van der Waals surface area contributed by atoms with Gasteiger partial charge in [-0.25, -0.2) is 19.9 Å². The standard InChI is InChI=1S/C85H56N12/c1-9-41-86-69(17-1)77-49-61(50-78(94-77)70-18-2-10-42-87-70)57-25-33-65(34-26-57)85(66-35-27-58(28-36-66)62-51-79(71-19-3-11-43-88-71)95-80(52-62)72-20-4-12-44-89-72,67-37-29-59(30-38-67)63-53-81(73-21-5-13-45-90-73)96-82(54-63)74-22-6-14-46-91-74)68-39-31-60(32-40-68)64-55-83(75-23-7-15-47-92-75)97-84(56-64)76-24-8-16-48-93-76/h1-56H. The number of aromatic nitrogens is 12. The van der Waals surface area contributed by atoms with Crippen molar-refractivity contribution < 1.29 is 0 Å². The zero-order chi connectivity index (χ0) is 64.7. The molecule has 0 aliphatic heterocycles. The summed E-state index contributed by atoms with van der Waals surface area (Å²) >= 11 is 0. The van der Waals surface area contributed by atoms with Crippen molar-refractivity contribution in [1.29, 1.82) is 0 Å². The monoisotopic (exact) mass is 1240 g/mol. The summed E-state index contributed by atoms with van der Waals surface area (Å²) in [7, 11) is 0. The Labute approximate surface area is 560 Å². The van der Waals surface area contributed by atoms with Gasteiger partial charge in [-0.05, 0) is 212 Å². The summed E-state index contributed by atoms with van der Waals surface area (Å²) in [6.07, 6.45) is 14.4. The maximum Gasteiger partial charge on any atom is 0.0900 e. The highest BCUT2D eigenvalue weighted by Gasteiger charge is 2.39. The highest BCUT2D eigenvalue weighted by molar-refractivity contribution is 5.81. The first kappa shape index (κ1) is 58.7. The highest BCUT2D eigenvalue weighted by atomic mass is 14.8. The van der Waals surface area contributed by atoms with Gasteiger partial charge in [0.15, 0.2) is 0 Å². The fourth-order valence-electron chi connectivity index (χ4n) is 12.6.